The first kappa shape index (κ1) is 17.0. The largest absolute Gasteiger partial charge is 0.352 e. The van der Waals surface area contributed by atoms with Crippen molar-refractivity contribution in [3.8, 4) is 0 Å². The van der Waals surface area contributed by atoms with E-state index in [4.69, 9.17) is 0 Å². The van der Waals surface area contributed by atoms with Crippen LogP contribution in [0.2, 0.25) is 0 Å². The highest BCUT2D eigenvalue weighted by Crippen LogP contribution is 2.14. The lowest BCUT2D eigenvalue weighted by Crippen LogP contribution is -2.53. The summed E-state index contributed by atoms with van der Waals surface area (Å²) in [5.41, 5.74) is 0. The van der Waals surface area contributed by atoms with Gasteiger partial charge in [-0.3, -0.25) is 9.88 Å². The van der Waals surface area contributed by atoms with Gasteiger partial charge in [-0.2, -0.15) is 0 Å². The van der Waals surface area contributed by atoms with E-state index in [0.717, 1.165) is 45.0 Å². The van der Waals surface area contributed by atoms with Crippen LogP contribution >= 0.6 is 0 Å². The van der Waals surface area contributed by atoms with Gasteiger partial charge in [-0.1, -0.05) is 6.92 Å². The minimum absolute atomic E-state index is 0.0615. The van der Waals surface area contributed by atoms with Crippen molar-refractivity contribution in [2.24, 2.45) is 0 Å². The van der Waals surface area contributed by atoms with E-state index in [0.29, 0.717) is 6.04 Å². The van der Waals surface area contributed by atoms with Gasteiger partial charge in [0.1, 0.15) is 5.82 Å². The molecule has 0 bridgehead atoms. The summed E-state index contributed by atoms with van der Waals surface area (Å²) in [7, 11) is 0. The third-order valence-electron chi connectivity index (χ3n) is 5.06. The topological polar surface area (TPSA) is 64.6 Å². The number of aromatic nitrogens is 2. The summed E-state index contributed by atoms with van der Waals surface area (Å²) >= 11 is 0. The Bertz CT molecular complexity index is 511. The van der Waals surface area contributed by atoms with E-state index in [-0.39, 0.29) is 6.03 Å². The van der Waals surface area contributed by atoms with Crippen molar-refractivity contribution < 1.29 is 4.79 Å². The Morgan fingerprint density at radius 1 is 1.17 bits per heavy atom. The van der Waals surface area contributed by atoms with Gasteiger partial charge >= 0.3 is 6.03 Å². The molecule has 132 valence electrons. The maximum atomic E-state index is 12.4. The first-order valence-electron chi connectivity index (χ1n) is 9.05. The normalized spacial score (nSPS) is 20.2. The lowest BCUT2D eigenvalue weighted by molar-refractivity contribution is 0.183. The number of rotatable bonds is 5. The molecular formula is C17H28N6O. The minimum atomic E-state index is 0.0615. The quantitative estimate of drug-likeness (QED) is 0.877. The SMILES string of the molecule is CC[C@@H](CNC(=O)N1CCN(c2cnccn2)CC1)N1CCCC1. The average molecular weight is 332 g/mol. The Balaban J connectivity index is 1.43. The molecule has 1 N–H and O–H groups in total. The molecule has 1 aromatic rings. The van der Waals surface area contributed by atoms with Crippen molar-refractivity contribution in [2.45, 2.75) is 32.2 Å². The number of hydrogen-bond donors (Lipinski definition) is 1. The molecule has 2 fully saturated rings. The van der Waals surface area contributed by atoms with Crippen LogP contribution in [0, 0.1) is 0 Å². The second kappa shape index (κ2) is 8.28. The number of carbonyl (C=O) groups excluding carboxylic acids is 1. The number of anilines is 1. The third-order valence-corrected chi connectivity index (χ3v) is 5.06. The van der Waals surface area contributed by atoms with Crippen LogP contribution in [-0.4, -0.2) is 77.7 Å². The monoisotopic (exact) mass is 332 g/mol. The van der Waals surface area contributed by atoms with Gasteiger partial charge in [0.15, 0.2) is 0 Å². The number of hydrogen-bond acceptors (Lipinski definition) is 5. The van der Waals surface area contributed by atoms with Crippen LogP contribution in [0.4, 0.5) is 10.6 Å². The molecule has 0 spiro atoms. The minimum Gasteiger partial charge on any atom is -0.352 e. The molecule has 0 radical (unpaired) electrons. The first-order chi connectivity index (χ1) is 11.8. The summed E-state index contributed by atoms with van der Waals surface area (Å²) in [6.45, 7) is 8.35. The predicted octanol–water partition coefficient (Wildman–Crippen LogP) is 1.18. The fraction of sp³-hybridized carbons (Fsp3) is 0.706. The molecule has 2 amide bonds. The number of likely N-dealkylation sites (tertiary alicyclic amines) is 1. The standard InChI is InChI=1S/C17H28N6O/c1-2-15(21-7-3-4-8-21)13-20-17(24)23-11-9-22(10-12-23)16-14-18-5-6-19-16/h5-6,14-15H,2-4,7-13H2,1H3,(H,20,24)/t15-/m0/s1. The van der Waals surface area contributed by atoms with E-state index in [1.54, 1.807) is 18.6 Å². The summed E-state index contributed by atoms with van der Waals surface area (Å²) in [5, 5.41) is 3.13. The van der Waals surface area contributed by atoms with Crippen molar-refractivity contribution in [3.05, 3.63) is 18.6 Å². The maximum Gasteiger partial charge on any atom is 0.317 e. The second-order valence-electron chi connectivity index (χ2n) is 6.53. The van der Waals surface area contributed by atoms with Gasteiger partial charge in [0.05, 0.1) is 6.20 Å². The van der Waals surface area contributed by atoms with Gasteiger partial charge in [0.2, 0.25) is 0 Å². The number of carbonyl (C=O) groups is 1. The van der Waals surface area contributed by atoms with Crippen LogP contribution in [0.15, 0.2) is 18.6 Å². The molecule has 1 atom stereocenters. The molecule has 7 heteroatoms. The van der Waals surface area contributed by atoms with Crippen LogP contribution in [0.5, 0.6) is 0 Å². The zero-order chi connectivity index (χ0) is 16.8. The first-order valence-corrected chi connectivity index (χ1v) is 9.05. The van der Waals surface area contributed by atoms with E-state index < -0.39 is 0 Å². The molecule has 3 heterocycles. The molecule has 3 rings (SSSR count). The Kier molecular flexibility index (Phi) is 5.85. The van der Waals surface area contributed by atoms with Crippen molar-refractivity contribution in [2.75, 3.05) is 50.7 Å². The van der Waals surface area contributed by atoms with Crippen LogP contribution in [0.3, 0.4) is 0 Å². The third kappa shape index (κ3) is 4.14. The molecule has 0 aromatic carbocycles. The zero-order valence-electron chi connectivity index (χ0n) is 14.5. The molecule has 2 saturated heterocycles. The van der Waals surface area contributed by atoms with Crippen molar-refractivity contribution in [1.29, 1.82) is 0 Å². The highest BCUT2D eigenvalue weighted by molar-refractivity contribution is 5.74. The van der Waals surface area contributed by atoms with E-state index in [2.05, 4.69) is 32.0 Å². The molecule has 0 aliphatic carbocycles. The summed E-state index contributed by atoms with van der Waals surface area (Å²) in [6, 6.07) is 0.531. The van der Waals surface area contributed by atoms with Gasteiger partial charge in [-0.25, -0.2) is 9.78 Å². The molecule has 2 aliphatic heterocycles. The lowest BCUT2D eigenvalue weighted by atomic mass is 10.2. The summed E-state index contributed by atoms with van der Waals surface area (Å²) in [4.78, 5) is 27.4. The van der Waals surface area contributed by atoms with Gasteiger partial charge in [0, 0.05) is 51.2 Å². The van der Waals surface area contributed by atoms with E-state index in [1.165, 1.54) is 25.9 Å². The van der Waals surface area contributed by atoms with Crippen molar-refractivity contribution >= 4 is 11.8 Å². The van der Waals surface area contributed by atoms with Gasteiger partial charge in [-0.05, 0) is 32.4 Å². The summed E-state index contributed by atoms with van der Waals surface area (Å²) in [5.74, 6) is 0.887. The molecule has 2 aliphatic rings. The molecule has 1 aromatic heterocycles. The molecular weight excluding hydrogens is 304 g/mol. The van der Waals surface area contributed by atoms with Crippen LogP contribution < -0.4 is 10.2 Å². The molecule has 7 nitrogen and oxygen atoms in total. The Hall–Kier alpha value is -1.89. The number of nitrogens with zero attached hydrogens (tertiary/aromatic N) is 5. The van der Waals surface area contributed by atoms with Crippen LogP contribution in [-0.2, 0) is 0 Å². The number of piperazine rings is 1. The number of urea groups is 1. The van der Waals surface area contributed by atoms with Crippen LogP contribution in [0.1, 0.15) is 26.2 Å². The Labute approximate surface area is 144 Å². The van der Waals surface area contributed by atoms with Crippen molar-refractivity contribution in [1.82, 2.24) is 25.1 Å². The lowest BCUT2D eigenvalue weighted by Gasteiger charge is -2.35. The fourth-order valence-electron chi connectivity index (χ4n) is 3.55. The van der Waals surface area contributed by atoms with Crippen molar-refractivity contribution in [3.63, 3.8) is 0 Å². The van der Waals surface area contributed by atoms with E-state index >= 15 is 0 Å². The Morgan fingerprint density at radius 3 is 2.54 bits per heavy atom. The fourth-order valence-corrected chi connectivity index (χ4v) is 3.55. The van der Waals surface area contributed by atoms with E-state index in [1.807, 2.05) is 4.90 Å². The molecule has 0 unspecified atom stereocenters. The van der Waals surface area contributed by atoms with E-state index in [9.17, 15) is 4.79 Å². The maximum absolute atomic E-state index is 12.4. The van der Waals surface area contributed by atoms with Gasteiger partial charge in [0.25, 0.3) is 0 Å². The Morgan fingerprint density at radius 2 is 1.92 bits per heavy atom. The summed E-state index contributed by atoms with van der Waals surface area (Å²) in [6.07, 6.45) is 8.82. The van der Waals surface area contributed by atoms with Gasteiger partial charge < -0.3 is 15.1 Å². The predicted molar refractivity (Wildman–Crippen MR) is 94.1 cm³/mol. The zero-order valence-corrected chi connectivity index (χ0v) is 14.5. The smallest absolute Gasteiger partial charge is 0.317 e. The van der Waals surface area contributed by atoms with Crippen LogP contribution in [0.25, 0.3) is 0 Å². The highest BCUT2D eigenvalue weighted by atomic mass is 16.2. The number of nitrogens with one attached hydrogen (secondary N) is 1. The number of amides is 2. The molecule has 24 heavy (non-hydrogen) atoms. The highest BCUT2D eigenvalue weighted by Gasteiger charge is 2.24. The summed E-state index contributed by atoms with van der Waals surface area (Å²) < 4.78 is 0. The second-order valence-corrected chi connectivity index (χ2v) is 6.53. The molecule has 0 saturated carbocycles. The average Bonchev–Trinajstić information content (AvgIpc) is 3.17. The van der Waals surface area contributed by atoms with Gasteiger partial charge in [-0.15, -0.1) is 0 Å².